The van der Waals surface area contributed by atoms with Crippen molar-refractivity contribution < 1.29 is 8.97 Å². The normalized spacial score (nSPS) is 12.7. The van der Waals surface area contributed by atoms with Crippen molar-refractivity contribution in [3.8, 4) is 0 Å². The van der Waals surface area contributed by atoms with Gasteiger partial charge in [-0.25, -0.2) is 0 Å². The Kier molecular flexibility index (Phi) is 17.3. The van der Waals surface area contributed by atoms with Crippen LogP contribution in [0.3, 0.4) is 0 Å². The molecule has 27 heavy (non-hydrogen) atoms. The summed E-state index contributed by atoms with van der Waals surface area (Å²) in [6.45, 7) is 9.95. The summed E-state index contributed by atoms with van der Waals surface area (Å²) in [5.41, 5.74) is 0. The summed E-state index contributed by atoms with van der Waals surface area (Å²) in [5.74, 6) is 2.64. The van der Waals surface area contributed by atoms with Gasteiger partial charge in [0.1, 0.15) is 0 Å². The largest absolute Gasteiger partial charge is 0.328 e. The van der Waals surface area contributed by atoms with Crippen LogP contribution in [0.25, 0.3) is 0 Å². The van der Waals surface area contributed by atoms with Crippen molar-refractivity contribution in [2.75, 3.05) is 65.9 Å². The zero-order chi connectivity index (χ0) is 20.4. The third-order valence-electron chi connectivity index (χ3n) is 5.92. The summed E-state index contributed by atoms with van der Waals surface area (Å²) in [7, 11) is 9.69. The van der Waals surface area contributed by atoms with Crippen LogP contribution in [0.2, 0.25) is 0 Å². The van der Waals surface area contributed by atoms with Gasteiger partial charge in [-0.15, -0.1) is 0 Å². The number of rotatable bonds is 20. The van der Waals surface area contributed by atoms with Gasteiger partial charge in [-0.2, -0.15) is 11.8 Å². The molecule has 0 rings (SSSR count). The van der Waals surface area contributed by atoms with E-state index in [2.05, 4.69) is 53.8 Å². The van der Waals surface area contributed by atoms with Gasteiger partial charge in [0.15, 0.2) is 0 Å². The molecule has 0 unspecified atom stereocenters. The molecule has 0 aromatic heterocycles. The average Bonchev–Trinajstić information content (AvgIpc) is 2.60. The Hall–Kier alpha value is 0.270. The monoisotopic (exact) mass is 402 g/mol. The first-order valence-corrected chi connectivity index (χ1v) is 13.2. The Morgan fingerprint density at radius 1 is 0.444 bits per heavy atom. The first-order valence-electron chi connectivity index (χ1n) is 12.0. The van der Waals surface area contributed by atoms with Crippen LogP contribution in [0.5, 0.6) is 0 Å². The predicted octanol–water partition coefficient (Wildman–Crippen LogP) is 6.59. The molecule has 0 atom stereocenters. The number of thioether (sulfide) groups is 1. The van der Waals surface area contributed by atoms with Crippen molar-refractivity contribution in [2.45, 2.75) is 90.9 Å². The molecule has 0 aliphatic carbocycles. The molecule has 0 aliphatic heterocycles. The lowest BCUT2D eigenvalue weighted by Crippen LogP contribution is -2.43. The fourth-order valence-corrected chi connectivity index (χ4v) is 5.04. The van der Waals surface area contributed by atoms with Crippen molar-refractivity contribution in [3.63, 3.8) is 0 Å². The van der Waals surface area contributed by atoms with Crippen LogP contribution in [0, 0.1) is 0 Å². The minimum absolute atomic E-state index is 1.21. The van der Waals surface area contributed by atoms with Crippen LogP contribution < -0.4 is 0 Å². The van der Waals surface area contributed by atoms with Gasteiger partial charge in [-0.3, -0.25) is 0 Å². The van der Waals surface area contributed by atoms with Gasteiger partial charge in [0.05, 0.1) is 54.4 Å². The third kappa shape index (κ3) is 19.4. The van der Waals surface area contributed by atoms with Crippen LogP contribution in [-0.4, -0.2) is 74.8 Å². The molecule has 0 aromatic carbocycles. The molecule has 0 amide bonds. The summed E-state index contributed by atoms with van der Waals surface area (Å²) in [5, 5.41) is 0. The molecule has 0 aromatic rings. The molecule has 2 nitrogen and oxygen atoms in total. The van der Waals surface area contributed by atoms with Crippen LogP contribution in [-0.2, 0) is 0 Å². The number of quaternary nitrogens is 2. The summed E-state index contributed by atoms with van der Waals surface area (Å²) >= 11 is 2.18. The molecular formula is C24H54N2S+2. The van der Waals surface area contributed by atoms with E-state index in [1.54, 1.807) is 0 Å². The second-order valence-corrected chi connectivity index (χ2v) is 11.1. The van der Waals surface area contributed by atoms with E-state index in [0.717, 1.165) is 0 Å². The van der Waals surface area contributed by atoms with Gasteiger partial charge in [0.25, 0.3) is 0 Å². The van der Waals surface area contributed by atoms with Crippen molar-refractivity contribution in [2.24, 2.45) is 0 Å². The van der Waals surface area contributed by atoms with Gasteiger partial charge < -0.3 is 8.97 Å². The number of hydrogen-bond acceptors (Lipinski definition) is 1. The van der Waals surface area contributed by atoms with Crippen LogP contribution >= 0.6 is 11.8 Å². The lowest BCUT2D eigenvalue weighted by molar-refractivity contribution is -0.888. The van der Waals surface area contributed by atoms with Crippen molar-refractivity contribution >= 4 is 11.8 Å². The Labute approximate surface area is 177 Å². The summed E-state index contributed by atoms with van der Waals surface area (Å²) in [6, 6.07) is 0. The zero-order valence-electron chi connectivity index (χ0n) is 20.0. The second kappa shape index (κ2) is 17.2. The van der Waals surface area contributed by atoms with E-state index in [4.69, 9.17) is 0 Å². The minimum atomic E-state index is 1.21. The van der Waals surface area contributed by atoms with E-state index in [9.17, 15) is 0 Å². The summed E-state index contributed by atoms with van der Waals surface area (Å²) < 4.78 is 2.41. The molecule has 0 aliphatic rings. The molecule has 0 heterocycles. The smallest absolute Gasteiger partial charge is 0.0874 e. The van der Waals surface area contributed by atoms with E-state index < -0.39 is 0 Å². The predicted molar refractivity (Wildman–Crippen MR) is 128 cm³/mol. The van der Waals surface area contributed by atoms with Crippen LogP contribution in [0.1, 0.15) is 90.9 Å². The Morgan fingerprint density at radius 3 is 1.15 bits per heavy atom. The summed E-state index contributed by atoms with van der Waals surface area (Å²) in [6.07, 6.45) is 17.0. The minimum Gasteiger partial charge on any atom is -0.328 e. The molecule has 3 heteroatoms. The SMILES string of the molecule is CCCCCCCC[N+](C)(C)CCSCC[N+](C)(C)CCCCCCCC. The molecule has 0 bridgehead atoms. The van der Waals surface area contributed by atoms with Crippen LogP contribution in [0.15, 0.2) is 0 Å². The van der Waals surface area contributed by atoms with Crippen molar-refractivity contribution in [1.29, 1.82) is 0 Å². The van der Waals surface area contributed by atoms with E-state index >= 15 is 0 Å². The van der Waals surface area contributed by atoms with Crippen LogP contribution in [0.4, 0.5) is 0 Å². The fraction of sp³-hybridized carbons (Fsp3) is 1.00. The second-order valence-electron chi connectivity index (χ2n) is 9.91. The quantitative estimate of drug-likeness (QED) is 0.163. The molecule has 0 spiro atoms. The number of unbranched alkanes of at least 4 members (excludes halogenated alkanes) is 10. The summed E-state index contributed by atoms with van der Waals surface area (Å²) in [4.78, 5) is 0. The molecule has 0 fully saturated rings. The highest BCUT2D eigenvalue weighted by molar-refractivity contribution is 7.99. The molecule has 0 saturated carbocycles. The average molecular weight is 403 g/mol. The van der Waals surface area contributed by atoms with Gasteiger partial charge in [-0.1, -0.05) is 65.2 Å². The Morgan fingerprint density at radius 2 is 0.778 bits per heavy atom. The topological polar surface area (TPSA) is 0 Å². The van der Waals surface area contributed by atoms with E-state index in [1.165, 1.54) is 124 Å². The Balaban J connectivity index is 3.62. The molecule has 164 valence electrons. The van der Waals surface area contributed by atoms with E-state index in [-0.39, 0.29) is 0 Å². The van der Waals surface area contributed by atoms with Crippen molar-refractivity contribution in [3.05, 3.63) is 0 Å². The van der Waals surface area contributed by atoms with Crippen molar-refractivity contribution in [1.82, 2.24) is 0 Å². The van der Waals surface area contributed by atoms with Gasteiger partial charge in [0.2, 0.25) is 0 Å². The Bertz CT molecular complexity index is 286. The zero-order valence-corrected chi connectivity index (χ0v) is 20.8. The lowest BCUT2D eigenvalue weighted by atomic mass is 10.1. The van der Waals surface area contributed by atoms with Gasteiger partial charge in [-0.05, 0) is 25.7 Å². The standard InChI is InChI=1S/C24H54N2S/c1-7-9-11-13-15-17-19-25(3,4)21-23-27-24-22-26(5,6)20-18-16-14-12-10-8-2/h7-24H2,1-6H3/q+2. The molecular weight excluding hydrogens is 348 g/mol. The highest BCUT2D eigenvalue weighted by Crippen LogP contribution is 2.12. The third-order valence-corrected chi connectivity index (χ3v) is 6.86. The lowest BCUT2D eigenvalue weighted by Gasteiger charge is -2.31. The number of hydrogen-bond donors (Lipinski definition) is 0. The van der Waals surface area contributed by atoms with Gasteiger partial charge in [0, 0.05) is 11.5 Å². The molecule has 0 radical (unpaired) electrons. The first-order chi connectivity index (χ1) is 12.8. The maximum absolute atomic E-state index is 2.42. The molecule has 0 saturated heterocycles. The van der Waals surface area contributed by atoms with E-state index in [1.807, 2.05) is 0 Å². The first kappa shape index (κ1) is 27.3. The number of nitrogens with zero attached hydrogens (tertiary/aromatic N) is 2. The fourth-order valence-electron chi connectivity index (χ4n) is 3.59. The highest BCUT2D eigenvalue weighted by Gasteiger charge is 2.16. The maximum atomic E-state index is 2.42. The van der Waals surface area contributed by atoms with E-state index in [0.29, 0.717) is 0 Å². The maximum Gasteiger partial charge on any atom is 0.0874 e. The highest BCUT2D eigenvalue weighted by atomic mass is 32.2. The van der Waals surface area contributed by atoms with Gasteiger partial charge >= 0.3 is 0 Å². The molecule has 0 N–H and O–H groups in total.